The highest BCUT2D eigenvalue weighted by Crippen LogP contribution is 2.01. The van der Waals surface area contributed by atoms with E-state index < -0.39 is 0 Å². The summed E-state index contributed by atoms with van der Waals surface area (Å²) in [6.45, 7) is 13.8. The van der Waals surface area contributed by atoms with Crippen molar-refractivity contribution in [1.82, 2.24) is 5.32 Å². The van der Waals surface area contributed by atoms with E-state index in [2.05, 4.69) is 53.5 Å². The van der Waals surface area contributed by atoms with Crippen LogP contribution in [0.2, 0.25) is 25.3 Å². The van der Waals surface area contributed by atoms with E-state index in [9.17, 15) is 0 Å². The quantitative estimate of drug-likeness (QED) is 0.236. The van der Waals surface area contributed by atoms with Crippen LogP contribution in [0.15, 0.2) is 0 Å². The van der Waals surface area contributed by atoms with Gasteiger partial charge < -0.3 is 22.5 Å². The third-order valence-corrected chi connectivity index (χ3v) is 3.47. The molecule has 0 atom stereocenters. The maximum absolute atomic E-state index is 5.17. The Morgan fingerprint density at radius 2 is 1.26 bits per heavy atom. The van der Waals surface area contributed by atoms with Crippen LogP contribution in [0.1, 0.15) is 40.5 Å². The summed E-state index contributed by atoms with van der Waals surface area (Å²) in [5.74, 6) is 0.792. The van der Waals surface area contributed by atoms with Crippen molar-refractivity contribution in [3.63, 3.8) is 0 Å². The van der Waals surface area contributed by atoms with Crippen molar-refractivity contribution in [1.29, 1.82) is 0 Å². The molecule has 0 bridgehead atoms. The van der Waals surface area contributed by atoms with Crippen LogP contribution < -0.4 is 22.5 Å². The highest BCUT2D eigenvalue weighted by Gasteiger charge is 2.01. The van der Waals surface area contributed by atoms with Crippen molar-refractivity contribution < 1.29 is 0 Å². The molecule has 0 aromatic heterocycles. The van der Waals surface area contributed by atoms with Gasteiger partial charge in [0.1, 0.15) is 14.6 Å². The van der Waals surface area contributed by atoms with E-state index in [1.54, 1.807) is 0 Å². The number of nitrogens with one attached hydrogen (secondary N) is 1. The summed E-state index contributed by atoms with van der Waals surface area (Å²) in [7, 11) is 2.21. The zero-order valence-corrected chi connectivity index (χ0v) is 17.6. The van der Waals surface area contributed by atoms with E-state index in [4.69, 9.17) is 17.2 Å². The van der Waals surface area contributed by atoms with Crippen molar-refractivity contribution in [3.8, 4) is 0 Å². The Balaban J connectivity index is -0.000000107. The first-order valence-electron chi connectivity index (χ1n) is 9.51. The van der Waals surface area contributed by atoms with E-state index in [1.807, 2.05) is 0 Å². The second kappa shape index (κ2) is 38.1. The summed E-state index contributed by atoms with van der Waals surface area (Å²) in [6.07, 6.45) is 8.14. The Kier molecular flexibility index (Phi) is 51.5. The Morgan fingerprint density at radius 1 is 0.870 bits per heavy atom. The topological polar surface area (TPSA) is 90.1 Å². The molecule has 0 aliphatic heterocycles. The average Bonchev–Trinajstić information content (AvgIpc) is 2.59. The summed E-state index contributed by atoms with van der Waals surface area (Å²) in [5, 5.41) is 3.03. The Hall–Kier alpha value is 0.320. The van der Waals surface area contributed by atoms with Crippen LogP contribution in [0.25, 0.3) is 0 Å². The van der Waals surface area contributed by atoms with Crippen molar-refractivity contribution in [2.45, 2.75) is 65.8 Å². The number of hydrogen-bond acceptors (Lipinski definition) is 5. The maximum Gasteiger partial charge on any atom is 0.139 e. The molecule has 0 aromatic rings. The van der Waals surface area contributed by atoms with Gasteiger partial charge in [0.15, 0.2) is 0 Å². The lowest BCUT2D eigenvalue weighted by Crippen LogP contribution is -2.27. The first-order chi connectivity index (χ1) is 11.1. The molecular formula is C16H46B2N4S. The molecule has 7 heteroatoms. The molecule has 0 aliphatic carbocycles. The summed E-state index contributed by atoms with van der Waals surface area (Å²) in [6, 6.07) is 0. The lowest BCUT2D eigenvalue weighted by Gasteiger charge is -2.00. The maximum atomic E-state index is 5.17. The normalized spacial score (nSPS) is 8.70. The third kappa shape index (κ3) is 51.9. The fraction of sp³-hybridized carbons (Fsp3) is 1.00. The number of unbranched alkanes of at least 4 members (excludes halogenated alkanes) is 1. The van der Waals surface area contributed by atoms with E-state index in [-0.39, 0.29) is 0 Å². The fourth-order valence-corrected chi connectivity index (χ4v) is 1.55. The van der Waals surface area contributed by atoms with Crippen LogP contribution in [0.4, 0.5) is 0 Å². The predicted molar refractivity (Wildman–Crippen MR) is 119 cm³/mol. The molecule has 0 rings (SSSR count). The minimum Gasteiger partial charge on any atom is -0.330 e. The van der Waals surface area contributed by atoms with Crippen molar-refractivity contribution >= 4 is 27.2 Å². The van der Waals surface area contributed by atoms with Gasteiger partial charge in [0.2, 0.25) is 0 Å². The lowest BCUT2D eigenvalue weighted by atomic mass is 9.44. The van der Waals surface area contributed by atoms with Gasteiger partial charge in [0.25, 0.3) is 0 Å². The van der Waals surface area contributed by atoms with Gasteiger partial charge in [-0.15, -0.1) is 0 Å². The standard InChI is InChI=1S/C6H15B.C4H11B.C4H13N3.C2H7NS/c1-4-7(5-2)6-3;1-2-3-4-5;5-1-3-7-4-2-6;3-1-2-4/h4-6H2,1-3H3;2-5H2,1H3;7H,1-6H2;4H,1-3H2. The van der Waals surface area contributed by atoms with Gasteiger partial charge in [-0.1, -0.05) is 65.8 Å². The highest BCUT2D eigenvalue weighted by atomic mass is 32.1. The van der Waals surface area contributed by atoms with Gasteiger partial charge in [0, 0.05) is 38.5 Å². The largest absolute Gasteiger partial charge is 0.330 e. The van der Waals surface area contributed by atoms with Gasteiger partial charge in [-0.25, -0.2) is 0 Å². The average molecular weight is 348 g/mol. The molecule has 7 N–H and O–H groups in total. The number of nitrogens with two attached hydrogens (primary N) is 3. The molecule has 0 fully saturated rings. The molecule has 0 aliphatic rings. The van der Waals surface area contributed by atoms with Crippen molar-refractivity contribution in [2.24, 2.45) is 17.2 Å². The molecule has 0 aromatic carbocycles. The fourth-order valence-electron chi connectivity index (χ4n) is 1.55. The van der Waals surface area contributed by atoms with Gasteiger partial charge in [-0.05, 0) is 0 Å². The minimum absolute atomic E-state index is 0.684. The number of hydrogen-bond donors (Lipinski definition) is 5. The summed E-state index contributed by atoms with van der Waals surface area (Å²) in [5.41, 5.74) is 15.3. The monoisotopic (exact) mass is 348 g/mol. The Bertz CT molecular complexity index is 141. The van der Waals surface area contributed by atoms with Crippen molar-refractivity contribution in [3.05, 3.63) is 0 Å². The highest BCUT2D eigenvalue weighted by molar-refractivity contribution is 7.80. The smallest absolute Gasteiger partial charge is 0.139 e. The van der Waals surface area contributed by atoms with E-state index in [0.29, 0.717) is 19.6 Å². The molecular weight excluding hydrogens is 302 g/mol. The van der Waals surface area contributed by atoms with Crippen LogP contribution in [0.3, 0.4) is 0 Å². The van der Waals surface area contributed by atoms with E-state index in [1.165, 1.54) is 38.1 Å². The molecule has 0 unspecified atom stereocenters. The number of rotatable bonds is 10. The summed E-state index contributed by atoms with van der Waals surface area (Å²) >= 11 is 3.80. The summed E-state index contributed by atoms with van der Waals surface area (Å²) < 4.78 is 0. The van der Waals surface area contributed by atoms with Crippen LogP contribution in [-0.4, -0.2) is 53.0 Å². The zero-order chi connectivity index (χ0) is 18.8. The minimum atomic E-state index is 0.684. The molecule has 0 spiro atoms. The van der Waals surface area contributed by atoms with Crippen LogP contribution in [0, 0.1) is 0 Å². The first-order valence-corrected chi connectivity index (χ1v) is 10.1. The zero-order valence-electron chi connectivity index (χ0n) is 16.7. The van der Waals surface area contributed by atoms with Crippen LogP contribution in [0.5, 0.6) is 0 Å². The first kappa shape index (κ1) is 31.1. The van der Waals surface area contributed by atoms with Crippen LogP contribution in [-0.2, 0) is 0 Å². The molecule has 23 heavy (non-hydrogen) atoms. The van der Waals surface area contributed by atoms with Gasteiger partial charge >= 0.3 is 0 Å². The van der Waals surface area contributed by atoms with E-state index >= 15 is 0 Å². The van der Waals surface area contributed by atoms with Gasteiger partial charge in [-0.2, -0.15) is 12.6 Å². The SMILES string of the molecule is BCCCC.CCB(CC)CC.NCCNCCN.NCCS. The van der Waals surface area contributed by atoms with E-state index in [0.717, 1.165) is 25.6 Å². The molecule has 0 saturated heterocycles. The third-order valence-electron chi connectivity index (χ3n) is 3.21. The van der Waals surface area contributed by atoms with Gasteiger partial charge in [-0.3, -0.25) is 0 Å². The molecule has 142 valence electrons. The Labute approximate surface area is 154 Å². The Morgan fingerprint density at radius 3 is 1.35 bits per heavy atom. The van der Waals surface area contributed by atoms with Crippen molar-refractivity contribution in [2.75, 3.05) is 38.5 Å². The number of thiol groups is 1. The van der Waals surface area contributed by atoms with Crippen LogP contribution >= 0.6 is 12.6 Å². The molecule has 0 heterocycles. The lowest BCUT2D eigenvalue weighted by molar-refractivity contribution is 0.696. The molecule has 0 amide bonds. The van der Waals surface area contributed by atoms with Gasteiger partial charge in [0.05, 0.1) is 0 Å². The summed E-state index contributed by atoms with van der Waals surface area (Å²) in [4.78, 5) is 0. The molecule has 0 radical (unpaired) electrons. The molecule has 4 nitrogen and oxygen atoms in total. The predicted octanol–water partition coefficient (Wildman–Crippen LogP) is 1.75. The second-order valence-electron chi connectivity index (χ2n) is 5.28. The second-order valence-corrected chi connectivity index (χ2v) is 5.73. The molecule has 0 saturated carbocycles.